The number of carboxylic acids is 1. The normalized spacial score (nSPS) is 14.6. The first-order valence-corrected chi connectivity index (χ1v) is 12.1. The molecule has 2 aromatic heterocycles. The molecule has 0 radical (unpaired) electrons. The van der Waals surface area contributed by atoms with E-state index in [0.29, 0.717) is 20.4 Å². The van der Waals surface area contributed by atoms with Gasteiger partial charge in [-0.3, -0.25) is 14.5 Å². The van der Waals surface area contributed by atoms with Crippen LogP contribution in [-0.4, -0.2) is 43.6 Å². The summed E-state index contributed by atoms with van der Waals surface area (Å²) >= 11 is 7.73. The number of anilines is 1. The zero-order valence-electron chi connectivity index (χ0n) is 17.7. The Kier molecular flexibility index (Phi) is 7.34. The lowest BCUT2D eigenvalue weighted by Gasteiger charge is -2.14. The van der Waals surface area contributed by atoms with Gasteiger partial charge < -0.3 is 10.4 Å². The Labute approximate surface area is 211 Å². The molecular formula is C23H15F2N3O4S3. The third kappa shape index (κ3) is 5.78. The second-order valence-electron chi connectivity index (χ2n) is 7.23. The van der Waals surface area contributed by atoms with Gasteiger partial charge in [-0.1, -0.05) is 30.0 Å². The van der Waals surface area contributed by atoms with Crippen LogP contribution >= 0.6 is 35.3 Å². The largest absolute Gasteiger partial charge is 0.478 e. The molecule has 2 amide bonds. The van der Waals surface area contributed by atoms with E-state index in [1.165, 1.54) is 40.6 Å². The van der Waals surface area contributed by atoms with Crippen molar-refractivity contribution >= 4 is 69.3 Å². The molecule has 3 heterocycles. The molecule has 35 heavy (non-hydrogen) atoms. The average Bonchev–Trinajstić information content (AvgIpc) is 3.39. The van der Waals surface area contributed by atoms with Crippen molar-refractivity contribution in [2.75, 3.05) is 11.9 Å². The molecule has 7 nitrogen and oxygen atoms in total. The molecule has 1 fully saturated rings. The number of halogens is 2. The van der Waals surface area contributed by atoms with Crippen LogP contribution < -0.4 is 5.32 Å². The van der Waals surface area contributed by atoms with Crippen LogP contribution in [0.1, 0.15) is 21.7 Å². The zero-order chi connectivity index (χ0) is 25.1. The summed E-state index contributed by atoms with van der Waals surface area (Å²) in [5, 5.41) is 13.3. The highest BCUT2D eigenvalue weighted by atomic mass is 32.2. The van der Waals surface area contributed by atoms with Crippen LogP contribution in [0.2, 0.25) is 0 Å². The van der Waals surface area contributed by atoms with Crippen LogP contribution in [0.15, 0.2) is 52.9 Å². The van der Waals surface area contributed by atoms with Gasteiger partial charge in [0.05, 0.1) is 10.5 Å². The minimum atomic E-state index is -1.14. The van der Waals surface area contributed by atoms with Gasteiger partial charge in [0.2, 0.25) is 5.91 Å². The number of thioether (sulfide) groups is 1. The first-order valence-electron chi connectivity index (χ1n) is 10.00. The topological polar surface area (TPSA) is 99.6 Å². The Morgan fingerprint density at radius 3 is 2.69 bits per heavy atom. The molecule has 1 aliphatic heterocycles. The number of amides is 2. The summed E-state index contributed by atoms with van der Waals surface area (Å²) in [4.78, 5) is 42.5. The lowest BCUT2D eigenvalue weighted by atomic mass is 10.1. The third-order valence-corrected chi connectivity index (χ3v) is 7.11. The molecule has 12 heteroatoms. The van der Waals surface area contributed by atoms with Crippen molar-refractivity contribution in [3.63, 3.8) is 0 Å². The van der Waals surface area contributed by atoms with Crippen LogP contribution in [0.3, 0.4) is 0 Å². The number of nitrogens with one attached hydrogen (secondary N) is 1. The SMILES string of the molecule is O=C(CCN1C(=O)/C(=C/c2cc(-c3ccc(F)c(F)c3)cs2)SC1=S)Nc1cc(C(=O)O)ccn1. The van der Waals surface area contributed by atoms with Crippen LogP contribution in [0.4, 0.5) is 14.6 Å². The number of aromatic nitrogens is 1. The maximum absolute atomic E-state index is 13.5. The summed E-state index contributed by atoms with van der Waals surface area (Å²) in [7, 11) is 0. The Morgan fingerprint density at radius 2 is 1.94 bits per heavy atom. The molecule has 0 saturated carbocycles. The molecule has 0 atom stereocenters. The lowest BCUT2D eigenvalue weighted by Crippen LogP contribution is -2.31. The molecule has 0 unspecified atom stereocenters. The van der Waals surface area contributed by atoms with E-state index in [9.17, 15) is 23.2 Å². The van der Waals surface area contributed by atoms with Crippen LogP contribution in [0, 0.1) is 11.6 Å². The Bertz CT molecular complexity index is 1390. The van der Waals surface area contributed by atoms with E-state index >= 15 is 0 Å². The van der Waals surface area contributed by atoms with E-state index in [1.54, 1.807) is 17.5 Å². The van der Waals surface area contributed by atoms with E-state index in [4.69, 9.17) is 17.3 Å². The van der Waals surface area contributed by atoms with Gasteiger partial charge in [0.15, 0.2) is 11.6 Å². The molecule has 4 rings (SSSR count). The maximum atomic E-state index is 13.5. The van der Waals surface area contributed by atoms with Crippen molar-refractivity contribution in [3.05, 3.63) is 75.0 Å². The van der Waals surface area contributed by atoms with Gasteiger partial charge in [-0.2, -0.15) is 0 Å². The van der Waals surface area contributed by atoms with Crippen LogP contribution in [0.5, 0.6) is 0 Å². The van der Waals surface area contributed by atoms with Gasteiger partial charge in [0, 0.05) is 24.0 Å². The Hall–Kier alpha value is -3.48. The highest BCUT2D eigenvalue weighted by Gasteiger charge is 2.32. The number of benzene rings is 1. The van der Waals surface area contributed by atoms with E-state index in [1.807, 2.05) is 0 Å². The van der Waals surface area contributed by atoms with Gasteiger partial charge >= 0.3 is 5.97 Å². The average molecular weight is 532 g/mol. The number of thiophene rings is 1. The molecule has 0 bridgehead atoms. The van der Waals surface area contributed by atoms with Crippen molar-refractivity contribution in [2.45, 2.75) is 6.42 Å². The summed E-state index contributed by atoms with van der Waals surface area (Å²) in [5.74, 6) is -3.71. The number of thiocarbonyl (C=S) groups is 1. The van der Waals surface area contributed by atoms with Crippen molar-refractivity contribution < 1.29 is 28.3 Å². The summed E-state index contributed by atoms with van der Waals surface area (Å²) in [6.45, 7) is 0.0387. The first-order chi connectivity index (χ1) is 16.7. The Morgan fingerprint density at radius 1 is 1.14 bits per heavy atom. The highest BCUT2D eigenvalue weighted by Crippen LogP contribution is 2.35. The van der Waals surface area contributed by atoms with E-state index in [-0.39, 0.29) is 30.3 Å². The van der Waals surface area contributed by atoms with Gasteiger partial charge in [0.25, 0.3) is 5.91 Å². The van der Waals surface area contributed by atoms with E-state index in [2.05, 4.69) is 10.3 Å². The first kappa shape index (κ1) is 24.6. The monoisotopic (exact) mass is 531 g/mol. The standard InChI is InChI=1S/C23H15F2N3O4S3/c24-16-2-1-12(8-17(16)25)14-7-15(34-11-14)10-18-21(30)28(23(33)35-18)6-4-20(29)27-19-9-13(22(31)32)3-5-26-19/h1-3,5,7-11H,4,6H2,(H,31,32)(H,26,27,29)/b18-10-. The number of aromatic carboxylic acids is 1. The second-order valence-corrected chi connectivity index (χ2v) is 9.85. The highest BCUT2D eigenvalue weighted by molar-refractivity contribution is 8.26. The molecule has 0 spiro atoms. The van der Waals surface area contributed by atoms with E-state index < -0.39 is 23.5 Å². The number of pyridine rings is 1. The third-order valence-electron chi connectivity index (χ3n) is 4.86. The smallest absolute Gasteiger partial charge is 0.335 e. The summed E-state index contributed by atoms with van der Waals surface area (Å²) in [6.07, 6.45) is 2.86. The lowest BCUT2D eigenvalue weighted by molar-refractivity contribution is -0.122. The maximum Gasteiger partial charge on any atom is 0.335 e. The van der Waals surface area contributed by atoms with Crippen molar-refractivity contribution in [1.29, 1.82) is 0 Å². The molecule has 3 aromatic rings. The van der Waals surface area contributed by atoms with E-state index in [0.717, 1.165) is 28.8 Å². The summed E-state index contributed by atoms with van der Waals surface area (Å²) in [5.41, 5.74) is 1.19. The summed E-state index contributed by atoms with van der Waals surface area (Å²) < 4.78 is 27.0. The fourth-order valence-electron chi connectivity index (χ4n) is 3.13. The minimum Gasteiger partial charge on any atom is -0.478 e. The number of carbonyl (C=O) groups is 3. The minimum absolute atomic E-state index is 0.0151. The predicted octanol–water partition coefficient (Wildman–Crippen LogP) is 5.02. The molecule has 2 N–H and O–H groups in total. The fraction of sp³-hybridized carbons (Fsp3) is 0.0870. The van der Waals surface area contributed by atoms with Gasteiger partial charge in [-0.25, -0.2) is 18.6 Å². The van der Waals surface area contributed by atoms with Crippen LogP contribution in [0.25, 0.3) is 17.2 Å². The van der Waals surface area contributed by atoms with Gasteiger partial charge in [-0.15, -0.1) is 11.3 Å². The van der Waals surface area contributed by atoms with Crippen molar-refractivity contribution in [2.24, 2.45) is 0 Å². The Balaban J connectivity index is 1.39. The number of carboxylic acid groups (broad SMARTS) is 1. The molecule has 1 aliphatic rings. The second kappa shape index (κ2) is 10.4. The molecule has 1 aromatic carbocycles. The zero-order valence-corrected chi connectivity index (χ0v) is 20.1. The van der Waals surface area contributed by atoms with Gasteiger partial charge in [-0.05, 0) is 52.9 Å². The number of hydrogen-bond donors (Lipinski definition) is 2. The van der Waals surface area contributed by atoms with Crippen LogP contribution in [-0.2, 0) is 9.59 Å². The molecule has 0 aliphatic carbocycles. The molecule has 178 valence electrons. The van der Waals surface area contributed by atoms with Gasteiger partial charge in [0.1, 0.15) is 10.1 Å². The van der Waals surface area contributed by atoms with Crippen molar-refractivity contribution in [3.8, 4) is 11.1 Å². The number of nitrogens with zero attached hydrogens (tertiary/aromatic N) is 2. The molecular weight excluding hydrogens is 516 g/mol. The molecule has 1 saturated heterocycles. The number of hydrogen-bond acceptors (Lipinski definition) is 7. The van der Waals surface area contributed by atoms with Crippen molar-refractivity contribution in [1.82, 2.24) is 9.88 Å². The fourth-order valence-corrected chi connectivity index (χ4v) is 5.35. The summed E-state index contributed by atoms with van der Waals surface area (Å²) in [6, 6.07) is 7.94. The quantitative estimate of drug-likeness (QED) is 0.326. The number of carbonyl (C=O) groups excluding carboxylic acids is 2. The predicted molar refractivity (Wildman–Crippen MR) is 134 cm³/mol. The number of rotatable bonds is 7.